The predicted octanol–water partition coefficient (Wildman–Crippen LogP) is 2.75. The van der Waals surface area contributed by atoms with Crippen LogP contribution in [-0.2, 0) is 4.79 Å². The third kappa shape index (κ3) is 4.46. The maximum atomic E-state index is 12.6. The molecular formula is C26H24N8O2. The minimum atomic E-state index is -0.364. The fraction of sp³-hybridized carbons (Fsp3) is 0.231. The summed E-state index contributed by atoms with van der Waals surface area (Å²) in [6.45, 7) is 2.87. The van der Waals surface area contributed by atoms with Crippen molar-refractivity contribution in [3.05, 3.63) is 66.4 Å². The molecule has 5 heterocycles. The van der Waals surface area contributed by atoms with E-state index in [1.807, 2.05) is 6.07 Å². The minimum Gasteiger partial charge on any atom is -0.369 e. The lowest BCUT2D eigenvalue weighted by atomic mass is 9.94. The van der Waals surface area contributed by atoms with Crippen LogP contribution in [0, 0.1) is 11.8 Å². The number of nitrogens with zero attached hydrogens (tertiary/aromatic N) is 6. The smallest absolute Gasteiger partial charge is 0.298 e. The van der Waals surface area contributed by atoms with E-state index in [1.54, 1.807) is 65.1 Å². The maximum absolute atomic E-state index is 12.6. The van der Waals surface area contributed by atoms with Gasteiger partial charge in [-0.3, -0.25) is 19.0 Å². The topological polar surface area (TPSA) is 131 Å². The van der Waals surface area contributed by atoms with Crippen LogP contribution < -0.4 is 11.1 Å². The number of aromatic nitrogens is 5. The van der Waals surface area contributed by atoms with Crippen molar-refractivity contribution in [3.63, 3.8) is 0 Å². The average Bonchev–Trinajstić information content (AvgIpc) is 3.31. The lowest BCUT2D eigenvalue weighted by Crippen LogP contribution is -2.38. The zero-order valence-electron chi connectivity index (χ0n) is 19.7. The zero-order chi connectivity index (χ0) is 25.1. The molecule has 0 saturated carbocycles. The Balaban J connectivity index is 1.46. The van der Waals surface area contributed by atoms with E-state index in [4.69, 9.17) is 10.7 Å². The monoisotopic (exact) mass is 480 g/mol. The van der Waals surface area contributed by atoms with Crippen LogP contribution in [-0.4, -0.2) is 54.1 Å². The van der Waals surface area contributed by atoms with Crippen LogP contribution in [0.15, 0.2) is 55.0 Å². The number of hydrogen-bond donors (Lipinski definition) is 2. The number of carbonyl (C=O) groups is 2. The standard InChI is InChI=1S/C26H24N8O2/c1-2-6-22(35)33-14-5-7-18(16-33)23-20-11-13-29-26(27)34(20)24(32-23)17-9-10-19(30-15-17)25(36)31-21-8-3-4-12-28-21/h3-4,8-13,15,18H,5,7,14,16H2,1H3,(H2,27,29)(H,28,31,36). The summed E-state index contributed by atoms with van der Waals surface area (Å²) in [6, 6.07) is 10.5. The summed E-state index contributed by atoms with van der Waals surface area (Å²) in [6.07, 6.45) is 6.59. The second kappa shape index (κ2) is 9.84. The van der Waals surface area contributed by atoms with Gasteiger partial charge in [-0.2, -0.15) is 0 Å². The van der Waals surface area contributed by atoms with Crippen molar-refractivity contribution >= 4 is 29.1 Å². The average molecular weight is 481 g/mol. The molecule has 180 valence electrons. The van der Waals surface area contributed by atoms with Gasteiger partial charge in [0.05, 0.1) is 11.2 Å². The second-order valence-electron chi connectivity index (χ2n) is 8.41. The number of amides is 2. The van der Waals surface area contributed by atoms with Crippen LogP contribution in [0.1, 0.15) is 41.9 Å². The molecule has 0 aromatic carbocycles. The van der Waals surface area contributed by atoms with Gasteiger partial charge in [0.25, 0.3) is 11.8 Å². The molecule has 0 radical (unpaired) electrons. The van der Waals surface area contributed by atoms with E-state index in [-0.39, 0.29) is 23.4 Å². The van der Waals surface area contributed by atoms with Crippen molar-refractivity contribution in [2.24, 2.45) is 0 Å². The van der Waals surface area contributed by atoms with E-state index in [0.29, 0.717) is 36.2 Å². The molecule has 3 N–H and O–H groups in total. The number of anilines is 2. The molecule has 10 nitrogen and oxygen atoms in total. The first-order chi connectivity index (χ1) is 17.5. The van der Waals surface area contributed by atoms with Gasteiger partial charge in [-0.05, 0) is 56.0 Å². The van der Waals surface area contributed by atoms with Gasteiger partial charge in [0.15, 0.2) is 0 Å². The number of carbonyl (C=O) groups excluding carboxylic acids is 2. The van der Waals surface area contributed by atoms with Crippen LogP contribution in [0.5, 0.6) is 0 Å². The molecule has 5 rings (SSSR count). The Hall–Kier alpha value is -4.78. The largest absolute Gasteiger partial charge is 0.369 e. The molecule has 1 unspecified atom stereocenters. The summed E-state index contributed by atoms with van der Waals surface area (Å²) in [5.74, 6) is 6.12. The molecule has 10 heteroatoms. The molecule has 1 saturated heterocycles. The highest BCUT2D eigenvalue weighted by molar-refractivity contribution is 6.02. The Morgan fingerprint density at radius 3 is 2.75 bits per heavy atom. The Labute approximate surface area is 207 Å². The number of fused-ring (bicyclic) bond motifs is 1. The number of imidazole rings is 1. The molecule has 0 spiro atoms. The quantitative estimate of drug-likeness (QED) is 0.429. The molecule has 0 bridgehead atoms. The summed E-state index contributed by atoms with van der Waals surface area (Å²) in [5, 5.41) is 2.72. The number of nitrogens with one attached hydrogen (secondary N) is 1. The van der Waals surface area contributed by atoms with Gasteiger partial charge in [-0.1, -0.05) is 12.0 Å². The Morgan fingerprint density at radius 1 is 1.11 bits per heavy atom. The SMILES string of the molecule is CC#CC(=O)N1CCCC(c2nc(-c3ccc(C(=O)Nc4ccccn4)nc3)n3c(N)nccc23)C1. The number of nitrogen functional groups attached to an aromatic ring is 1. The molecule has 4 aromatic rings. The van der Waals surface area contributed by atoms with Gasteiger partial charge in [-0.15, -0.1) is 0 Å². The van der Waals surface area contributed by atoms with Gasteiger partial charge in [0, 0.05) is 43.2 Å². The van der Waals surface area contributed by atoms with Gasteiger partial charge >= 0.3 is 0 Å². The van der Waals surface area contributed by atoms with Crippen molar-refractivity contribution in [2.75, 3.05) is 24.1 Å². The normalized spacial score (nSPS) is 15.2. The predicted molar refractivity (Wildman–Crippen MR) is 135 cm³/mol. The maximum Gasteiger partial charge on any atom is 0.298 e. The Morgan fingerprint density at radius 2 is 2.00 bits per heavy atom. The number of rotatable bonds is 4. The van der Waals surface area contributed by atoms with Crippen molar-refractivity contribution in [3.8, 4) is 23.2 Å². The second-order valence-corrected chi connectivity index (χ2v) is 8.41. The van der Waals surface area contributed by atoms with E-state index < -0.39 is 0 Å². The van der Waals surface area contributed by atoms with Crippen molar-refractivity contribution < 1.29 is 9.59 Å². The third-order valence-electron chi connectivity index (χ3n) is 6.10. The zero-order valence-corrected chi connectivity index (χ0v) is 19.7. The molecule has 0 aliphatic carbocycles. The Bertz CT molecular complexity index is 1490. The molecule has 1 aliphatic heterocycles. The lowest BCUT2D eigenvalue weighted by molar-refractivity contribution is -0.126. The number of pyridine rings is 2. The fourth-order valence-corrected chi connectivity index (χ4v) is 4.43. The van der Waals surface area contributed by atoms with Crippen LogP contribution in [0.2, 0.25) is 0 Å². The molecule has 1 aliphatic rings. The lowest BCUT2D eigenvalue weighted by Gasteiger charge is -2.30. The van der Waals surface area contributed by atoms with E-state index in [2.05, 4.69) is 32.1 Å². The van der Waals surface area contributed by atoms with Gasteiger partial charge in [-0.25, -0.2) is 15.0 Å². The fourth-order valence-electron chi connectivity index (χ4n) is 4.43. The molecule has 36 heavy (non-hydrogen) atoms. The van der Waals surface area contributed by atoms with Crippen LogP contribution in [0.25, 0.3) is 16.9 Å². The van der Waals surface area contributed by atoms with Gasteiger partial charge in [0.2, 0.25) is 5.95 Å². The van der Waals surface area contributed by atoms with Gasteiger partial charge in [0.1, 0.15) is 17.3 Å². The molecule has 2 amide bonds. The van der Waals surface area contributed by atoms with Crippen molar-refractivity contribution in [1.82, 2.24) is 29.2 Å². The number of hydrogen-bond acceptors (Lipinski definition) is 7. The third-order valence-corrected chi connectivity index (χ3v) is 6.10. The molecule has 4 aromatic heterocycles. The van der Waals surface area contributed by atoms with Crippen LogP contribution >= 0.6 is 0 Å². The van der Waals surface area contributed by atoms with Gasteiger partial charge < -0.3 is 16.0 Å². The highest BCUT2D eigenvalue weighted by Gasteiger charge is 2.28. The molecule has 1 fully saturated rings. The van der Waals surface area contributed by atoms with Crippen LogP contribution in [0.4, 0.5) is 11.8 Å². The highest BCUT2D eigenvalue weighted by atomic mass is 16.2. The summed E-state index contributed by atoms with van der Waals surface area (Å²) in [4.78, 5) is 44.3. The molecular weight excluding hydrogens is 456 g/mol. The van der Waals surface area contributed by atoms with E-state index in [1.165, 1.54) is 0 Å². The van der Waals surface area contributed by atoms with Crippen molar-refractivity contribution in [2.45, 2.75) is 25.7 Å². The Kier molecular flexibility index (Phi) is 6.28. The van der Waals surface area contributed by atoms with E-state index in [9.17, 15) is 9.59 Å². The summed E-state index contributed by atoms with van der Waals surface area (Å²) in [5.41, 5.74) is 8.86. The first kappa shape index (κ1) is 23.0. The van der Waals surface area contributed by atoms with Crippen LogP contribution in [0.3, 0.4) is 0 Å². The summed E-state index contributed by atoms with van der Waals surface area (Å²) < 4.78 is 1.78. The van der Waals surface area contributed by atoms with Crippen molar-refractivity contribution in [1.29, 1.82) is 0 Å². The van der Waals surface area contributed by atoms with E-state index >= 15 is 0 Å². The van der Waals surface area contributed by atoms with E-state index in [0.717, 1.165) is 24.1 Å². The number of nitrogens with two attached hydrogens (primary N) is 1. The first-order valence-corrected chi connectivity index (χ1v) is 11.6. The summed E-state index contributed by atoms with van der Waals surface area (Å²) >= 11 is 0. The summed E-state index contributed by atoms with van der Waals surface area (Å²) in [7, 11) is 0. The number of likely N-dealkylation sites (tertiary alicyclic amines) is 1. The highest BCUT2D eigenvalue weighted by Crippen LogP contribution is 2.33. The molecule has 1 atom stereocenters. The first-order valence-electron chi connectivity index (χ1n) is 11.6. The minimum absolute atomic E-state index is 0.0308. The number of piperidine rings is 1.